The van der Waals surface area contributed by atoms with E-state index in [1.54, 1.807) is 12.1 Å². The molecule has 0 aliphatic heterocycles. The van der Waals surface area contributed by atoms with E-state index < -0.39 is 30.0 Å². The molecule has 17 heteroatoms. The Bertz CT molecular complexity index is 2130. The molecule has 0 radical (unpaired) electrons. The van der Waals surface area contributed by atoms with Crippen LogP contribution < -0.4 is 98.7 Å². The molecule has 5 rings (SSSR count). The molecule has 49 heavy (non-hydrogen) atoms. The summed E-state index contributed by atoms with van der Waals surface area (Å²) in [5.74, 6) is -0.154. The van der Waals surface area contributed by atoms with Gasteiger partial charge < -0.3 is 19.1 Å². The van der Waals surface area contributed by atoms with E-state index in [-0.39, 0.29) is 145 Å². The van der Waals surface area contributed by atoms with E-state index in [4.69, 9.17) is 4.74 Å². The Morgan fingerprint density at radius 2 is 1.22 bits per heavy atom. The Labute approximate surface area is 355 Å². The number of hydrogen-bond acceptors (Lipinski definition) is 11. The minimum absolute atomic E-state index is 0. The van der Waals surface area contributed by atoms with Crippen molar-refractivity contribution in [2.24, 2.45) is 0 Å². The first-order valence-electron chi connectivity index (χ1n) is 14.5. The van der Waals surface area contributed by atoms with E-state index in [2.05, 4.69) is 9.37 Å². The van der Waals surface area contributed by atoms with Gasteiger partial charge in [-0.25, -0.2) is 21.2 Å². The second-order valence-electron chi connectivity index (χ2n) is 11.2. The van der Waals surface area contributed by atoms with Crippen molar-refractivity contribution in [2.75, 3.05) is 6.61 Å². The summed E-state index contributed by atoms with van der Waals surface area (Å²) in [7, 11) is -10.2. The number of benzene rings is 5. The molecule has 0 aliphatic carbocycles. The van der Waals surface area contributed by atoms with Gasteiger partial charge in [0, 0.05) is 32.9 Å². The van der Waals surface area contributed by atoms with Crippen LogP contribution in [0.15, 0.2) is 63.2 Å². The molecule has 0 aromatic heterocycles. The van der Waals surface area contributed by atoms with Gasteiger partial charge in [0.2, 0.25) is 0 Å². The predicted molar refractivity (Wildman–Crippen MR) is 167 cm³/mol. The average molecular weight is 759 g/mol. The van der Waals surface area contributed by atoms with Crippen molar-refractivity contribution in [1.29, 1.82) is 0 Å². The molecule has 5 aromatic carbocycles. The zero-order valence-corrected chi connectivity index (χ0v) is 36.7. The molecule has 0 fully saturated rings. The molecular weight excluding hydrogens is 729 g/mol. The van der Waals surface area contributed by atoms with Gasteiger partial charge in [0.05, 0.1) is 28.4 Å². The summed E-state index contributed by atoms with van der Waals surface area (Å²) in [6.45, 7) is 8.10. The maximum absolute atomic E-state index is 14.7. The third-order valence-electron chi connectivity index (χ3n) is 8.62. The summed E-state index contributed by atoms with van der Waals surface area (Å²) in [5.41, 5.74) is 2.66. The van der Waals surface area contributed by atoms with Gasteiger partial charge in [-0.05, 0) is 82.5 Å². The van der Waals surface area contributed by atoms with Crippen LogP contribution in [0, 0.1) is 5.82 Å². The summed E-state index contributed by atoms with van der Waals surface area (Å²) < 4.78 is 99.8. The Balaban J connectivity index is 0.00000278. The number of halogens is 1. The fraction of sp³-hybridized carbons (Fsp3) is 0.312. The SMILES string of the molecule is CCC(C)c1cc(F)cc(C(C)CC)c1CCOc1cc(S(=O)(=O)[O-])c2ccc3c(S(=O)(=O)[O-])cc(SOO[O-])c4ccc1c2c43.[Na+].[Na+].[Na+]. The molecule has 0 spiro atoms. The zero-order valence-electron chi connectivity index (χ0n) is 28.3. The largest absolute Gasteiger partial charge is 1.00 e. The summed E-state index contributed by atoms with van der Waals surface area (Å²) >= 11 is 0.365. The smallest absolute Gasteiger partial charge is 0.744 e. The number of ether oxygens (including phenoxy) is 1. The minimum Gasteiger partial charge on any atom is -0.744 e. The van der Waals surface area contributed by atoms with Gasteiger partial charge in [-0.1, -0.05) is 45.9 Å². The first-order valence-corrected chi connectivity index (χ1v) is 18.0. The molecule has 0 bridgehead atoms. The van der Waals surface area contributed by atoms with Crippen LogP contribution in [-0.2, 0) is 36.0 Å². The first-order chi connectivity index (χ1) is 21.7. The zero-order chi connectivity index (χ0) is 33.6. The fourth-order valence-corrected chi connectivity index (χ4v) is 8.06. The third-order valence-corrected chi connectivity index (χ3v) is 11.0. The summed E-state index contributed by atoms with van der Waals surface area (Å²) in [6, 6.07) is 10.9. The predicted octanol–water partition coefficient (Wildman–Crippen LogP) is -2.58. The van der Waals surface area contributed by atoms with E-state index in [1.807, 2.05) is 27.7 Å². The van der Waals surface area contributed by atoms with Gasteiger partial charge in [0.15, 0.2) is 0 Å². The van der Waals surface area contributed by atoms with Crippen molar-refractivity contribution in [3.8, 4) is 5.75 Å². The third kappa shape index (κ3) is 9.36. The topological polar surface area (TPSA) is 165 Å². The normalized spacial score (nSPS) is 13.1. The van der Waals surface area contributed by atoms with Crippen molar-refractivity contribution in [1.82, 2.24) is 0 Å². The van der Waals surface area contributed by atoms with Crippen LogP contribution in [-0.4, -0.2) is 32.5 Å². The van der Waals surface area contributed by atoms with Crippen LogP contribution in [0.1, 0.15) is 69.1 Å². The molecule has 0 heterocycles. The van der Waals surface area contributed by atoms with Crippen molar-refractivity contribution in [2.45, 2.75) is 73.5 Å². The van der Waals surface area contributed by atoms with Crippen LogP contribution >= 0.6 is 12.0 Å². The van der Waals surface area contributed by atoms with Gasteiger partial charge in [-0.3, -0.25) is 5.04 Å². The van der Waals surface area contributed by atoms with Crippen LogP contribution in [0.2, 0.25) is 0 Å². The second-order valence-corrected chi connectivity index (χ2v) is 14.7. The van der Waals surface area contributed by atoms with Gasteiger partial charge in [0.25, 0.3) is 0 Å². The monoisotopic (exact) mass is 758 g/mol. The second kappa shape index (κ2) is 18.3. The maximum atomic E-state index is 14.7. The van der Waals surface area contributed by atoms with Gasteiger partial charge in [-0.15, -0.1) is 0 Å². The van der Waals surface area contributed by atoms with Crippen molar-refractivity contribution in [3.05, 3.63) is 71.0 Å². The molecular formula is C32H30FNa3O10S3. The van der Waals surface area contributed by atoms with E-state index in [1.165, 1.54) is 24.3 Å². The summed E-state index contributed by atoms with van der Waals surface area (Å²) in [4.78, 5) is -1.22. The number of rotatable bonds is 13. The van der Waals surface area contributed by atoms with Crippen LogP contribution in [0.25, 0.3) is 32.3 Å². The van der Waals surface area contributed by atoms with Crippen molar-refractivity contribution < 1.29 is 138 Å². The standard InChI is InChI=1S/C32H33FO10S3.3Na/c1-5-17(3)25-13-19(33)14-26(18(4)6-2)20(25)11-12-41-27-15-29(45(35,36)37)23-9-10-24-30(46(38,39)40)16-28(44-43-42-34)22-8-7-21(27)31(23)32(22)24;;;/h7-10,13-18,34H,5-6,11-12H2,1-4H3,(H,35,36,37)(H,38,39,40);;;/q;3*+1/p-3. The van der Waals surface area contributed by atoms with Gasteiger partial charge in [-0.2, -0.15) is 4.33 Å². The molecule has 2 unspecified atom stereocenters. The van der Waals surface area contributed by atoms with Crippen molar-refractivity contribution >= 4 is 64.6 Å². The molecule has 0 N–H and O–H groups in total. The van der Waals surface area contributed by atoms with Crippen molar-refractivity contribution in [3.63, 3.8) is 0 Å². The minimum atomic E-state index is -5.08. The molecule has 0 amide bonds. The van der Waals surface area contributed by atoms with Crippen LogP contribution in [0.3, 0.4) is 0 Å². The van der Waals surface area contributed by atoms with E-state index in [9.17, 15) is 35.6 Å². The Morgan fingerprint density at radius 3 is 1.71 bits per heavy atom. The van der Waals surface area contributed by atoms with Crippen LogP contribution in [0.5, 0.6) is 5.75 Å². The Hall–Kier alpha value is -0.0800. The fourth-order valence-electron chi connectivity index (χ4n) is 6.07. The van der Waals surface area contributed by atoms with Crippen LogP contribution in [0.4, 0.5) is 4.39 Å². The van der Waals surface area contributed by atoms with E-state index >= 15 is 0 Å². The molecule has 246 valence electrons. The summed E-state index contributed by atoms with van der Waals surface area (Å²) in [6.07, 6.45) is 1.92. The molecule has 5 aromatic rings. The Morgan fingerprint density at radius 1 is 0.755 bits per heavy atom. The van der Waals surface area contributed by atoms with Gasteiger partial charge in [0.1, 0.15) is 31.8 Å². The first kappa shape index (κ1) is 45.1. The quantitative estimate of drug-likeness (QED) is 0.0310. The van der Waals surface area contributed by atoms with Gasteiger partial charge >= 0.3 is 88.7 Å². The maximum Gasteiger partial charge on any atom is 1.00 e. The molecule has 10 nitrogen and oxygen atoms in total. The van der Waals surface area contributed by atoms with E-state index in [0.717, 1.165) is 41.7 Å². The average Bonchev–Trinajstić information content (AvgIpc) is 3.01. The Kier molecular flexibility index (Phi) is 16.8. The number of hydrogen-bond donors (Lipinski definition) is 0. The molecule has 0 aliphatic rings. The van der Waals surface area contributed by atoms with E-state index in [0.29, 0.717) is 29.2 Å². The summed E-state index contributed by atoms with van der Waals surface area (Å²) in [5, 5.41) is 14.9. The molecule has 0 saturated heterocycles. The molecule has 2 atom stereocenters. The molecule has 0 saturated carbocycles.